The number of aryl methyl sites for hydroxylation is 1. The van der Waals surface area contributed by atoms with Crippen LogP contribution in [-0.4, -0.2) is 16.6 Å². The molecule has 8 heteroatoms. The molecule has 118 valence electrons. The van der Waals surface area contributed by atoms with Gasteiger partial charge < -0.3 is 5.43 Å². The highest BCUT2D eigenvalue weighted by atomic mass is 32.2. The third-order valence-corrected chi connectivity index (χ3v) is 4.64. The fourth-order valence-electron chi connectivity index (χ4n) is 1.55. The molecule has 0 aliphatic rings. The van der Waals surface area contributed by atoms with Crippen LogP contribution in [0.5, 0.6) is 0 Å². The Morgan fingerprint density at radius 1 is 1.52 bits per heavy atom. The summed E-state index contributed by atoms with van der Waals surface area (Å²) in [6, 6.07) is 8.27. The monoisotopic (exact) mass is 348 g/mol. The zero-order valence-corrected chi connectivity index (χ0v) is 13.8. The number of thioether (sulfide) groups is 1. The average Bonchev–Trinajstić information content (AvgIpc) is 2.97. The van der Waals surface area contributed by atoms with Gasteiger partial charge in [-0.3, -0.25) is 10.2 Å². The Bertz CT molecular complexity index is 767. The molecule has 1 amide bonds. The molecule has 5 nitrogen and oxygen atoms in total. The second-order valence-electron chi connectivity index (χ2n) is 4.38. The standard InChI is InChI=1S/C15H13FN4OS2/c1-10-8-23-15(19-10)11(6-17)7-18-20-14(21)9-22-13-5-3-2-4-12(13)16/h2-5,7-8,18H,9H2,1H3,(H,20,21)/b11-7+. The Labute approximate surface area is 141 Å². The minimum atomic E-state index is -0.357. The molecular weight excluding hydrogens is 335 g/mol. The van der Waals surface area contributed by atoms with Gasteiger partial charge in [0.2, 0.25) is 5.91 Å². The van der Waals surface area contributed by atoms with Crippen LogP contribution in [0.3, 0.4) is 0 Å². The Kier molecular flexibility index (Phi) is 6.14. The molecule has 1 heterocycles. The van der Waals surface area contributed by atoms with Gasteiger partial charge in [-0.1, -0.05) is 12.1 Å². The van der Waals surface area contributed by atoms with E-state index in [9.17, 15) is 9.18 Å². The van der Waals surface area contributed by atoms with Gasteiger partial charge in [0.25, 0.3) is 0 Å². The third-order valence-electron chi connectivity index (χ3n) is 2.59. The summed E-state index contributed by atoms with van der Waals surface area (Å²) < 4.78 is 13.4. The van der Waals surface area contributed by atoms with Gasteiger partial charge in [-0.25, -0.2) is 9.37 Å². The number of rotatable bonds is 6. The zero-order chi connectivity index (χ0) is 16.7. The molecule has 0 saturated heterocycles. The van der Waals surface area contributed by atoms with Crippen molar-refractivity contribution >= 4 is 34.6 Å². The Hall–Kier alpha value is -2.37. The lowest BCUT2D eigenvalue weighted by molar-refractivity contribution is -0.119. The van der Waals surface area contributed by atoms with E-state index >= 15 is 0 Å². The topological polar surface area (TPSA) is 77.8 Å². The van der Waals surface area contributed by atoms with Crippen LogP contribution in [0.1, 0.15) is 10.7 Å². The number of hydrazine groups is 1. The zero-order valence-electron chi connectivity index (χ0n) is 12.2. The largest absolute Gasteiger partial charge is 0.304 e. The van der Waals surface area contributed by atoms with Crippen LogP contribution in [0.25, 0.3) is 5.57 Å². The number of nitrogens with zero attached hydrogens (tertiary/aromatic N) is 2. The summed E-state index contributed by atoms with van der Waals surface area (Å²) in [4.78, 5) is 16.3. The third kappa shape index (κ3) is 5.09. The molecule has 0 bridgehead atoms. The first-order valence-corrected chi connectivity index (χ1v) is 8.41. The first kappa shape index (κ1) is 17.0. The van der Waals surface area contributed by atoms with Crippen molar-refractivity contribution in [3.05, 3.63) is 52.4 Å². The molecule has 1 aromatic carbocycles. The predicted octanol–water partition coefficient (Wildman–Crippen LogP) is 2.87. The molecule has 2 aromatic rings. The molecule has 0 saturated carbocycles. The Morgan fingerprint density at radius 2 is 2.30 bits per heavy atom. The van der Waals surface area contributed by atoms with Crippen LogP contribution in [0.15, 0.2) is 40.7 Å². The molecule has 0 radical (unpaired) electrons. The smallest absolute Gasteiger partial charge is 0.248 e. The van der Waals surface area contributed by atoms with Crippen molar-refractivity contribution in [2.75, 3.05) is 5.75 Å². The van der Waals surface area contributed by atoms with Crippen LogP contribution < -0.4 is 10.9 Å². The highest BCUT2D eigenvalue weighted by Crippen LogP contribution is 2.20. The van der Waals surface area contributed by atoms with E-state index in [4.69, 9.17) is 5.26 Å². The Balaban J connectivity index is 1.83. The fraction of sp³-hybridized carbons (Fsp3) is 0.133. The minimum absolute atomic E-state index is 0.0556. The molecule has 2 rings (SSSR count). The quantitative estimate of drug-likeness (QED) is 0.477. The van der Waals surface area contributed by atoms with Gasteiger partial charge in [0, 0.05) is 22.2 Å². The second-order valence-corrected chi connectivity index (χ2v) is 6.25. The van der Waals surface area contributed by atoms with Gasteiger partial charge >= 0.3 is 0 Å². The number of hydrogen-bond donors (Lipinski definition) is 2. The molecular formula is C15H13FN4OS2. The van der Waals surface area contributed by atoms with Crippen LogP contribution in [0, 0.1) is 24.1 Å². The number of thiazole rings is 1. The Morgan fingerprint density at radius 3 is 2.96 bits per heavy atom. The van der Waals surface area contributed by atoms with Gasteiger partial charge in [0.05, 0.1) is 5.75 Å². The lowest BCUT2D eigenvalue weighted by Gasteiger charge is -2.05. The molecule has 1 aromatic heterocycles. The maximum atomic E-state index is 13.4. The normalized spacial score (nSPS) is 10.9. The van der Waals surface area contributed by atoms with Crippen molar-refractivity contribution in [1.82, 2.24) is 15.8 Å². The SMILES string of the molecule is Cc1csc(/C(C#N)=C/NNC(=O)CSc2ccccc2F)n1. The van der Waals surface area contributed by atoms with Gasteiger partial charge in [0.15, 0.2) is 0 Å². The number of hydrogen-bond acceptors (Lipinski definition) is 6. The number of nitriles is 1. The molecule has 0 spiro atoms. The van der Waals surface area contributed by atoms with Crippen molar-refractivity contribution in [3.63, 3.8) is 0 Å². The first-order chi connectivity index (χ1) is 11.1. The molecule has 2 N–H and O–H groups in total. The van der Waals surface area contributed by atoms with E-state index in [1.165, 1.54) is 23.6 Å². The number of carbonyl (C=O) groups is 1. The summed E-state index contributed by atoms with van der Waals surface area (Å²) in [7, 11) is 0. The number of nitrogens with one attached hydrogen (secondary N) is 2. The number of halogens is 1. The maximum Gasteiger partial charge on any atom is 0.248 e. The average molecular weight is 348 g/mol. The van der Waals surface area contributed by atoms with E-state index in [0.717, 1.165) is 17.5 Å². The van der Waals surface area contributed by atoms with E-state index in [1.54, 1.807) is 18.2 Å². The molecule has 0 fully saturated rings. The van der Waals surface area contributed by atoms with Gasteiger partial charge in [0.1, 0.15) is 22.5 Å². The summed E-state index contributed by atoms with van der Waals surface area (Å²) in [6.07, 6.45) is 1.38. The van der Waals surface area contributed by atoms with Gasteiger partial charge in [-0.15, -0.1) is 23.1 Å². The van der Waals surface area contributed by atoms with Crippen LogP contribution in [0.2, 0.25) is 0 Å². The molecule has 23 heavy (non-hydrogen) atoms. The van der Waals surface area contributed by atoms with E-state index < -0.39 is 0 Å². The number of amides is 1. The first-order valence-electron chi connectivity index (χ1n) is 6.54. The van der Waals surface area contributed by atoms with E-state index in [0.29, 0.717) is 15.5 Å². The van der Waals surface area contributed by atoms with Gasteiger partial charge in [-0.2, -0.15) is 5.26 Å². The highest BCUT2D eigenvalue weighted by molar-refractivity contribution is 8.00. The molecule has 0 aliphatic carbocycles. The van der Waals surface area contributed by atoms with Crippen molar-refractivity contribution in [2.45, 2.75) is 11.8 Å². The van der Waals surface area contributed by atoms with Crippen molar-refractivity contribution in [2.24, 2.45) is 0 Å². The summed E-state index contributed by atoms with van der Waals surface area (Å²) in [6.45, 7) is 1.84. The van der Waals surface area contributed by atoms with Crippen molar-refractivity contribution < 1.29 is 9.18 Å². The van der Waals surface area contributed by atoms with Crippen LogP contribution in [-0.2, 0) is 4.79 Å². The van der Waals surface area contributed by atoms with E-state index in [2.05, 4.69) is 15.8 Å². The fourth-order valence-corrected chi connectivity index (χ4v) is 3.05. The van der Waals surface area contributed by atoms with Gasteiger partial charge in [-0.05, 0) is 19.1 Å². The summed E-state index contributed by atoms with van der Waals surface area (Å²) >= 11 is 2.45. The van der Waals surface area contributed by atoms with E-state index in [1.807, 2.05) is 18.4 Å². The van der Waals surface area contributed by atoms with Crippen LogP contribution in [0.4, 0.5) is 4.39 Å². The lowest BCUT2D eigenvalue weighted by atomic mass is 10.3. The lowest BCUT2D eigenvalue weighted by Crippen LogP contribution is -2.35. The number of benzene rings is 1. The summed E-state index contributed by atoms with van der Waals surface area (Å²) in [5.74, 6) is -0.633. The number of allylic oxidation sites excluding steroid dienone is 1. The maximum absolute atomic E-state index is 13.4. The van der Waals surface area contributed by atoms with E-state index in [-0.39, 0.29) is 17.5 Å². The minimum Gasteiger partial charge on any atom is -0.304 e. The second kappa shape index (κ2) is 8.31. The number of aromatic nitrogens is 1. The van der Waals surface area contributed by atoms with Crippen molar-refractivity contribution in [3.8, 4) is 6.07 Å². The predicted molar refractivity (Wildman–Crippen MR) is 88.8 cm³/mol. The highest BCUT2D eigenvalue weighted by Gasteiger charge is 2.07. The summed E-state index contributed by atoms with van der Waals surface area (Å²) in [5, 5.41) is 11.5. The van der Waals surface area contributed by atoms with Crippen LogP contribution >= 0.6 is 23.1 Å². The molecule has 0 atom stereocenters. The van der Waals surface area contributed by atoms with Crippen molar-refractivity contribution in [1.29, 1.82) is 5.26 Å². The molecule has 0 unspecified atom stereocenters. The molecule has 0 aliphatic heterocycles. The number of carbonyl (C=O) groups excluding carboxylic acids is 1. The summed E-state index contributed by atoms with van der Waals surface area (Å²) in [5.41, 5.74) is 6.16.